The molecule has 1 aromatic rings. The fourth-order valence-electron chi connectivity index (χ4n) is 1.73. The minimum absolute atomic E-state index is 0.0241. The Morgan fingerprint density at radius 1 is 1.00 bits per heavy atom. The summed E-state index contributed by atoms with van der Waals surface area (Å²) in [5.74, 6) is -3.40. The van der Waals surface area contributed by atoms with Gasteiger partial charge in [-0.15, -0.1) is 0 Å². The zero-order valence-electron chi connectivity index (χ0n) is 10.4. The minimum Gasteiger partial charge on any atom is -0.372 e. The molecule has 0 atom stereocenters. The molecule has 0 fully saturated rings. The Balaban J connectivity index is 2.76. The number of carbonyl (C=O) groups excluding carboxylic acids is 2. The summed E-state index contributed by atoms with van der Waals surface area (Å²) < 4.78 is 29.4. The second-order valence-electron chi connectivity index (χ2n) is 3.75. The highest BCUT2D eigenvalue weighted by Gasteiger charge is 2.36. The fraction of sp³-hybridized carbons (Fsp3) is 0. The van der Waals surface area contributed by atoms with Gasteiger partial charge in [0, 0.05) is 15.4 Å². The first-order valence-electron chi connectivity index (χ1n) is 5.40. The van der Waals surface area contributed by atoms with Crippen molar-refractivity contribution in [1.82, 2.24) is 0 Å². The van der Waals surface area contributed by atoms with Crippen molar-refractivity contribution in [3.63, 3.8) is 0 Å². The number of azide groups is 2. The highest BCUT2D eigenvalue weighted by atomic mass is 32.2. The molecular weight excluding hydrogens is 316 g/mol. The summed E-state index contributed by atoms with van der Waals surface area (Å²) in [7, 11) is -4.85. The summed E-state index contributed by atoms with van der Waals surface area (Å²) in [6, 6.07) is 5.60. The molecule has 0 spiro atoms. The van der Waals surface area contributed by atoms with E-state index in [1.54, 1.807) is 0 Å². The van der Waals surface area contributed by atoms with Gasteiger partial charge in [0.15, 0.2) is 0 Å². The molecule has 0 bridgehead atoms. The van der Waals surface area contributed by atoms with Crippen LogP contribution in [0.3, 0.4) is 0 Å². The van der Waals surface area contributed by atoms with Gasteiger partial charge in [-0.05, 0) is 16.6 Å². The predicted molar refractivity (Wildman–Crippen MR) is 71.0 cm³/mol. The molecule has 22 heavy (non-hydrogen) atoms. The van der Waals surface area contributed by atoms with Gasteiger partial charge < -0.3 is 4.18 Å². The second kappa shape index (κ2) is 5.58. The molecule has 0 heterocycles. The monoisotopic (exact) mass is 320 g/mol. The first-order chi connectivity index (χ1) is 10.4. The summed E-state index contributed by atoms with van der Waals surface area (Å²) in [5.41, 5.74) is 16.2. The van der Waals surface area contributed by atoms with Gasteiger partial charge in [-0.3, -0.25) is 9.59 Å². The third kappa shape index (κ3) is 2.60. The number of ketones is 2. The van der Waals surface area contributed by atoms with Gasteiger partial charge in [0.25, 0.3) is 5.78 Å². The van der Waals surface area contributed by atoms with Crippen molar-refractivity contribution < 1.29 is 22.2 Å². The molecule has 0 amide bonds. The number of carbonyl (C=O) groups is 2. The zero-order valence-corrected chi connectivity index (χ0v) is 11.3. The standard InChI is InChI=1S/C10H4N6O5S/c11-14-13-7-5-3-1-2-4-6(5)8(17)9(18)10(7)21-22(19,20)16-15-12/h1-4H. The fourth-order valence-corrected chi connectivity index (χ4v) is 2.22. The predicted octanol–water partition coefficient (Wildman–Crippen LogP) is 2.00. The summed E-state index contributed by atoms with van der Waals surface area (Å²) in [6.45, 7) is 0. The molecule has 0 radical (unpaired) electrons. The van der Waals surface area contributed by atoms with Crippen molar-refractivity contribution >= 4 is 27.6 Å². The topological polar surface area (TPSA) is 175 Å². The normalized spacial score (nSPS) is 13.8. The highest BCUT2D eigenvalue weighted by molar-refractivity contribution is 7.85. The lowest BCUT2D eigenvalue weighted by molar-refractivity contribution is -0.113. The van der Waals surface area contributed by atoms with Crippen LogP contribution in [-0.4, -0.2) is 20.0 Å². The van der Waals surface area contributed by atoms with Gasteiger partial charge in [-0.2, -0.15) is 8.42 Å². The van der Waals surface area contributed by atoms with Crippen LogP contribution in [0.15, 0.2) is 39.7 Å². The van der Waals surface area contributed by atoms with Crippen LogP contribution < -0.4 is 0 Å². The number of hydrogen-bond donors (Lipinski definition) is 0. The lowest BCUT2D eigenvalue weighted by Gasteiger charge is -2.17. The second-order valence-corrected chi connectivity index (χ2v) is 4.94. The third-order valence-corrected chi connectivity index (χ3v) is 3.17. The molecule has 11 nitrogen and oxygen atoms in total. The molecule has 110 valence electrons. The Labute approximate surface area is 122 Å². The van der Waals surface area contributed by atoms with E-state index in [2.05, 4.69) is 18.7 Å². The van der Waals surface area contributed by atoms with E-state index >= 15 is 0 Å². The first kappa shape index (κ1) is 15.1. The van der Waals surface area contributed by atoms with Crippen LogP contribution in [0, 0.1) is 0 Å². The molecule has 1 aliphatic carbocycles. The van der Waals surface area contributed by atoms with E-state index in [0.717, 1.165) is 0 Å². The van der Waals surface area contributed by atoms with Crippen LogP contribution in [0.5, 0.6) is 0 Å². The molecule has 0 aromatic heterocycles. The van der Waals surface area contributed by atoms with E-state index in [9.17, 15) is 18.0 Å². The van der Waals surface area contributed by atoms with E-state index < -0.39 is 33.3 Å². The van der Waals surface area contributed by atoms with E-state index in [0.29, 0.717) is 0 Å². The number of Topliss-reactive ketones (excluding diaryl/α,β-unsaturated/α-hetero) is 2. The molecule has 0 saturated carbocycles. The maximum atomic E-state index is 11.9. The van der Waals surface area contributed by atoms with Crippen LogP contribution >= 0.6 is 0 Å². The Morgan fingerprint density at radius 2 is 1.64 bits per heavy atom. The molecular formula is C10H4N6O5S. The number of hydrogen-bond acceptors (Lipinski definition) is 6. The molecule has 12 heteroatoms. The smallest absolute Gasteiger partial charge is 0.372 e. The maximum absolute atomic E-state index is 11.9. The number of fused-ring (bicyclic) bond motifs is 1. The van der Waals surface area contributed by atoms with Crippen LogP contribution in [0.4, 0.5) is 0 Å². The van der Waals surface area contributed by atoms with Crippen molar-refractivity contribution in [3.8, 4) is 0 Å². The van der Waals surface area contributed by atoms with Gasteiger partial charge in [0.05, 0.1) is 10.2 Å². The van der Waals surface area contributed by atoms with E-state index in [1.165, 1.54) is 24.3 Å². The lowest BCUT2D eigenvalue weighted by Crippen LogP contribution is -2.26. The van der Waals surface area contributed by atoms with Crippen LogP contribution in [0.25, 0.3) is 26.6 Å². The average molecular weight is 320 g/mol. The third-order valence-electron chi connectivity index (χ3n) is 2.52. The molecule has 2 rings (SSSR count). The Bertz CT molecular complexity index is 921. The Morgan fingerprint density at radius 3 is 2.23 bits per heavy atom. The summed E-state index contributed by atoms with van der Waals surface area (Å²) >= 11 is 0. The highest BCUT2D eigenvalue weighted by Crippen LogP contribution is 2.32. The first-order valence-corrected chi connectivity index (χ1v) is 6.76. The van der Waals surface area contributed by atoms with Gasteiger partial charge >= 0.3 is 10.3 Å². The number of nitrogens with zero attached hydrogens (tertiary/aromatic N) is 6. The van der Waals surface area contributed by atoms with E-state index in [4.69, 9.17) is 11.1 Å². The number of allylic oxidation sites excluding steroid dienone is 1. The Hall–Kier alpha value is -3.33. The van der Waals surface area contributed by atoms with Gasteiger partial charge in [-0.1, -0.05) is 29.4 Å². The minimum atomic E-state index is -4.85. The van der Waals surface area contributed by atoms with Gasteiger partial charge in [-0.25, -0.2) is 0 Å². The van der Waals surface area contributed by atoms with Crippen LogP contribution in [0.1, 0.15) is 15.9 Å². The van der Waals surface area contributed by atoms with Crippen molar-refractivity contribution in [2.75, 3.05) is 0 Å². The Kier molecular flexibility index (Phi) is 3.82. The summed E-state index contributed by atoms with van der Waals surface area (Å²) in [5, 5.41) is 3.20. The van der Waals surface area contributed by atoms with Gasteiger partial charge in [0.1, 0.15) is 0 Å². The molecule has 1 aromatic carbocycles. The number of rotatable bonds is 4. The van der Waals surface area contributed by atoms with E-state index in [-0.39, 0.29) is 11.1 Å². The summed E-state index contributed by atoms with van der Waals surface area (Å²) in [4.78, 5) is 28.4. The molecule has 0 saturated heterocycles. The molecule has 1 aliphatic rings. The summed E-state index contributed by atoms with van der Waals surface area (Å²) in [6.07, 6.45) is 0. The number of benzene rings is 1. The van der Waals surface area contributed by atoms with Crippen molar-refractivity contribution in [2.45, 2.75) is 0 Å². The van der Waals surface area contributed by atoms with Crippen molar-refractivity contribution in [2.24, 2.45) is 9.63 Å². The SMILES string of the molecule is [N-]=[N+]=NC1=C(OS(=O)(=O)N=[N+]=[N-])C(=O)C(=O)c2ccccc21. The molecule has 0 aliphatic heterocycles. The largest absolute Gasteiger partial charge is 0.403 e. The van der Waals surface area contributed by atoms with Crippen LogP contribution in [-0.2, 0) is 19.3 Å². The zero-order chi connectivity index (χ0) is 16.3. The van der Waals surface area contributed by atoms with Crippen molar-refractivity contribution in [3.05, 3.63) is 62.0 Å². The lowest BCUT2D eigenvalue weighted by atomic mass is 9.92. The van der Waals surface area contributed by atoms with Gasteiger partial charge in [0.2, 0.25) is 11.5 Å². The van der Waals surface area contributed by atoms with E-state index in [1.807, 2.05) is 4.91 Å². The average Bonchev–Trinajstić information content (AvgIpc) is 2.48. The van der Waals surface area contributed by atoms with Crippen LogP contribution in [0.2, 0.25) is 0 Å². The molecule has 0 N–H and O–H groups in total. The maximum Gasteiger partial charge on any atom is 0.403 e. The molecule has 0 unspecified atom stereocenters. The quantitative estimate of drug-likeness (QED) is 0.356. The van der Waals surface area contributed by atoms with Crippen molar-refractivity contribution in [1.29, 1.82) is 0 Å².